The quantitative estimate of drug-likeness (QED) is 0.149. The third kappa shape index (κ3) is 10.4. The maximum Gasteiger partial charge on any atom is 0.309 e. The molecule has 6 fully saturated rings. The van der Waals surface area contributed by atoms with E-state index in [-0.39, 0.29) is 17.8 Å². The van der Waals surface area contributed by atoms with Crippen LogP contribution in [0.25, 0.3) is 21.5 Å². The molecule has 2 spiro atoms. The molecule has 62 heavy (non-hydrogen) atoms. The van der Waals surface area contributed by atoms with Crippen molar-refractivity contribution in [2.75, 3.05) is 32.8 Å². The number of likely N-dealkylation sites (tertiary alicyclic amines) is 2. The van der Waals surface area contributed by atoms with Crippen LogP contribution in [0.1, 0.15) is 134 Å². The van der Waals surface area contributed by atoms with Crippen LogP contribution in [0.15, 0.2) is 72.8 Å². The second-order valence-electron chi connectivity index (χ2n) is 20.2. The van der Waals surface area contributed by atoms with Crippen LogP contribution in [0.4, 0.5) is 0 Å². The summed E-state index contributed by atoms with van der Waals surface area (Å²) < 4.78 is 17.9. The van der Waals surface area contributed by atoms with Crippen molar-refractivity contribution in [3.8, 4) is 11.5 Å². The average molecular weight is 843 g/mol. The highest BCUT2D eigenvalue weighted by Crippen LogP contribution is 2.53. The number of carbonyl (C=O) groups excluding carboxylic acids is 1. The highest BCUT2D eigenvalue weighted by molar-refractivity contribution is 5.85. The minimum Gasteiger partial charge on any atom is -0.490 e. The topological polar surface area (TPSA) is 88.5 Å². The summed E-state index contributed by atoms with van der Waals surface area (Å²) in [7, 11) is 0. The lowest BCUT2D eigenvalue weighted by molar-refractivity contribution is -0.149. The van der Waals surface area contributed by atoms with Crippen LogP contribution in [-0.2, 0) is 27.4 Å². The number of esters is 1. The molecule has 10 rings (SSSR count). The van der Waals surface area contributed by atoms with Gasteiger partial charge in [0.15, 0.2) is 0 Å². The van der Waals surface area contributed by atoms with Crippen molar-refractivity contribution in [1.29, 1.82) is 0 Å². The Morgan fingerprint density at radius 2 is 0.952 bits per heavy atom. The number of carboxylic acids is 1. The number of fused-ring (bicyclic) bond motifs is 2. The molecule has 0 radical (unpaired) electrons. The Bertz CT molecular complexity index is 2140. The summed E-state index contributed by atoms with van der Waals surface area (Å²) in [5.74, 6) is 1.26. The van der Waals surface area contributed by atoms with Gasteiger partial charge >= 0.3 is 11.9 Å². The molecule has 0 unspecified atom stereocenters. The Kier molecular flexibility index (Phi) is 13.4. The number of nitrogens with zero attached hydrogens (tertiary/aromatic N) is 2. The third-order valence-corrected chi connectivity index (χ3v) is 16.1. The minimum absolute atomic E-state index is 0.0216. The van der Waals surface area contributed by atoms with Crippen LogP contribution < -0.4 is 9.47 Å². The summed E-state index contributed by atoms with van der Waals surface area (Å²) in [6.07, 6.45) is 22.9. The van der Waals surface area contributed by atoms with Gasteiger partial charge in [-0.3, -0.25) is 19.4 Å². The van der Waals surface area contributed by atoms with Gasteiger partial charge in [-0.1, -0.05) is 49.2 Å². The fourth-order valence-electron chi connectivity index (χ4n) is 11.7. The average Bonchev–Trinajstić information content (AvgIpc) is 3.27. The fourth-order valence-corrected chi connectivity index (χ4v) is 11.7. The number of carboxylic acid groups (broad SMARTS) is 1. The van der Waals surface area contributed by atoms with E-state index < -0.39 is 5.97 Å². The van der Waals surface area contributed by atoms with Gasteiger partial charge in [0.2, 0.25) is 0 Å². The number of benzene rings is 4. The van der Waals surface area contributed by atoms with Gasteiger partial charge in [-0.2, -0.15) is 0 Å². The first kappa shape index (κ1) is 43.1. The lowest BCUT2D eigenvalue weighted by Gasteiger charge is -2.46. The lowest BCUT2D eigenvalue weighted by Crippen LogP contribution is -2.37. The maximum absolute atomic E-state index is 12.0. The molecule has 4 saturated carbocycles. The predicted molar refractivity (Wildman–Crippen MR) is 247 cm³/mol. The Hall–Kier alpha value is -4.14. The van der Waals surface area contributed by atoms with Crippen LogP contribution >= 0.6 is 0 Å². The zero-order chi connectivity index (χ0) is 42.5. The summed E-state index contributed by atoms with van der Waals surface area (Å²) in [6, 6.07) is 26.5. The first-order valence-corrected chi connectivity index (χ1v) is 24.4. The number of carbonyl (C=O) groups is 2. The molecule has 4 aromatic rings. The van der Waals surface area contributed by atoms with E-state index in [0.29, 0.717) is 29.6 Å². The highest BCUT2D eigenvalue weighted by atomic mass is 16.5. The van der Waals surface area contributed by atoms with Gasteiger partial charge in [0.05, 0.1) is 30.7 Å². The minimum atomic E-state index is -0.644. The normalized spacial score (nSPS) is 23.3. The van der Waals surface area contributed by atoms with E-state index in [1.807, 2.05) is 6.92 Å². The van der Waals surface area contributed by atoms with E-state index in [1.54, 1.807) is 0 Å². The summed E-state index contributed by atoms with van der Waals surface area (Å²) >= 11 is 0. The number of rotatable bonds is 11. The molecule has 0 atom stereocenters. The molecule has 4 aromatic carbocycles. The fraction of sp³-hybridized carbons (Fsp3) is 0.593. The van der Waals surface area contributed by atoms with Gasteiger partial charge in [0.1, 0.15) is 11.5 Å². The SMILES string of the molecule is CCOC(=O)C1CCN(Cc2ccc3cc(OC4CCC5(CCC5)CC4)ccc3c2)CC1.O=C(O)C1CCN(Cc2ccc3cc(OC4CCC5(CCC5)CC4)ccc3c2)CC1. The van der Waals surface area contributed by atoms with Gasteiger partial charge in [0.25, 0.3) is 0 Å². The highest BCUT2D eigenvalue weighted by Gasteiger charge is 2.41. The Labute approximate surface area is 369 Å². The van der Waals surface area contributed by atoms with Crippen molar-refractivity contribution in [2.45, 2.75) is 148 Å². The van der Waals surface area contributed by atoms with E-state index in [9.17, 15) is 9.59 Å². The van der Waals surface area contributed by atoms with E-state index in [1.165, 1.54) is 123 Å². The van der Waals surface area contributed by atoms with E-state index in [0.717, 1.165) is 76.5 Å². The predicted octanol–water partition coefficient (Wildman–Crippen LogP) is 11.7. The molecule has 0 bridgehead atoms. The molecular weight excluding hydrogens is 773 g/mol. The zero-order valence-electron chi connectivity index (χ0n) is 37.3. The van der Waals surface area contributed by atoms with Crippen LogP contribution in [0.5, 0.6) is 11.5 Å². The molecule has 2 aliphatic heterocycles. The first-order valence-electron chi connectivity index (χ1n) is 24.4. The number of hydrogen-bond donors (Lipinski definition) is 1. The first-order chi connectivity index (χ1) is 30.2. The lowest BCUT2D eigenvalue weighted by atomic mass is 9.60. The van der Waals surface area contributed by atoms with Crippen molar-refractivity contribution in [3.05, 3.63) is 83.9 Å². The van der Waals surface area contributed by atoms with Crippen LogP contribution in [-0.4, -0.2) is 71.8 Å². The van der Waals surface area contributed by atoms with Crippen molar-refractivity contribution >= 4 is 33.5 Å². The summed E-state index contributed by atoms with van der Waals surface area (Å²) in [6.45, 7) is 7.83. The monoisotopic (exact) mass is 843 g/mol. The largest absolute Gasteiger partial charge is 0.490 e. The molecule has 0 amide bonds. The summed E-state index contributed by atoms with van der Waals surface area (Å²) in [5.41, 5.74) is 4.00. The second kappa shape index (κ2) is 19.3. The molecular formula is C54H70N2O6. The van der Waals surface area contributed by atoms with Gasteiger partial charge in [0, 0.05) is 13.1 Å². The molecule has 6 aliphatic rings. The van der Waals surface area contributed by atoms with E-state index in [2.05, 4.69) is 82.6 Å². The van der Waals surface area contributed by atoms with Gasteiger partial charge in [-0.05, 0) is 216 Å². The van der Waals surface area contributed by atoms with Crippen LogP contribution in [0.3, 0.4) is 0 Å². The number of hydrogen-bond acceptors (Lipinski definition) is 7. The van der Waals surface area contributed by atoms with Crippen molar-refractivity contribution in [1.82, 2.24) is 9.80 Å². The Morgan fingerprint density at radius 1 is 0.548 bits per heavy atom. The molecule has 4 aliphatic carbocycles. The molecule has 332 valence electrons. The van der Waals surface area contributed by atoms with Gasteiger partial charge in [-0.15, -0.1) is 0 Å². The van der Waals surface area contributed by atoms with Crippen LogP contribution in [0, 0.1) is 22.7 Å². The number of ether oxygens (including phenoxy) is 3. The maximum atomic E-state index is 12.0. The van der Waals surface area contributed by atoms with Crippen molar-refractivity contribution < 1.29 is 28.9 Å². The molecule has 2 heterocycles. The number of aliphatic carboxylic acids is 1. The Morgan fingerprint density at radius 3 is 1.34 bits per heavy atom. The van der Waals surface area contributed by atoms with Crippen molar-refractivity contribution in [2.24, 2.45) is 22.7 Å². The van der Waals surface area contributed by atoms with E-state index >= 15 is 0 Å². The van der Waals surface area contributed by atoms with E-state index in [4.69, 9.17) is 19.3 Å². The zero-order valence-corrected chi connectivity index (χ0v) is 37.3. The second-order valence-corrected chi connectivity index (χ2v) is 20.2. The standard InChI is InChI=1S/C28H37NO3.C26H33NO3/c1-2-31-27(30)22-10-16-29(17-11-22)20-21-4-5-24-19-26(7-6-23(24)18-21)32-25-8-14-28(15-9-25)12-3-13-28;28-25(29)20-8-14-27(15-9-20)18-19-2-3-22-17-24(5-4-21(22)16-19)30-23-6-12-26(13-7-23)10-1-11-26/h4-7,18-19,22,25H,2-3,8-17,20H2,1H3;2-5,16-17,20,23H,1,6-15,18H2,(H,28,29). The van der Waals surface area contributed by atoms with Gasteiger partial charge in [-0.25, -0.2) is 0 Å². The molecule has 2 saturated heterocycles. The smallest absolute Gasteiger partial charge is 0.309 e. The molecule has 8 heteroatoms. The molecule has 8 nitrogen and oxygen atoms in total. The van der Waals surface area contributed by atoms with Gasteiger partial charge < -0.3 is 19.3 Å². The molecule has 0 aromatic heterocycles. The Balaban J connectivity index is 0.000000158. The summed E-state index contributed by atoms with van der Waals surface area (Å²) in [5, 5.41) is 14.2. The number of piperidine rings is 2. The third-order valence-electron chi connectivity index (χ3n) is 16.1. The van der Waals surface area contributed by atoms with Crippen LogP contribution in [0.2, 0.25) is 0 Å². The molecule has 1 N–H and O–H groups in total. The van der Waals surface area contributed by atoms with Crippen molar-refractivity contribution in [3.63, 3.8) is 0 Å². The summed E-state index contributed by atoms with van der Waals surface area (Å²) in [4.78, 5) is 27.9.